The van der Waals surface area contributed by atoms with E-state index >= 15 is 0 Å². The average Bonchev–Trinajstić information content (AvgIpc) is 3.03. The molecule has 0 radical (unpaired) electrons. The SMILES string of the molecule is CCc1nc2n(n1)[C@H](CC(=O)Nc1cccc(Cl)c1C)C(=O)N2. The molecule has 2 amide bonds. The first kappa shape index (κ1) is 15.5. The minimum absolute atomic E-state index is 0.0166. The van der Waals surface area contributed by atoms with Crippen molar-refractivity contribution in [3.05, 3.63) is 34.6 Å². The number of amides is 2. The first-order valence-corrected chi connectivity index (χ1v) is 7.68. The fraction of sp³-hybridized carbons (Fsp3) is 0.333. The average molecular weight is 334 g/mol. The monoisotopic (exact) mass is 333 g/mol. The smallest absolute Gasteiger partial charge is 0.252 e. The topological polar surface area (TPSA) is 88.9 Å². The van der Waals surface area contributed by atoms with Crippen molar-refractivity contribution < 1.29 is 9.59 Å². The molecule has 23 heavy (non-hydrogen) atoms. The summed E-state index contributed by atoms with van der Waals surface area (Å²) in [6.45, 7) is 3.75. The van der Waals surface area contributed by atoms with Gasteiger partial charge in [-0.25, -0.2) is 4.68 Å². The Kier molecular flexibility index (Phi) is 4.04. The molecule has 0 spiro atoms. The fourth-order valence-corrected chi connectivity index (χ4v) is 2.60. The Hall–Kier alpha value is -2.41. The minimum atomic E-state index is -0.683. The molecule has 1 aliphatic rings. The molecule has 0 bridgehead atoms. The number of hydrogen-bond donors (Lipinski definition) is 2. The van der Waals surface area contributed by atoms with E-state index in [1.54, 1.807) is 18.2 Å². The van der Waals surface area contributed by atoms with Crippen LogP contribution in [0, 0.1) is 6.92 Å². The van der Waals surface area contributed by atoms with E-state index in [0.29, 0.717) is 28.9 Å². The summed E-state index contributed by atoms with van der Waals surface area (Å²) < 4.78 is 1.48. The molecule has 0 saturated heterocycles. The van der Waals surface area contributed by atoms with Gasteiger partial charge in [0.05, 0.1) is 6.42 Å². The van der Waals surface area contributed by atoms with Crippen LogP contribution in [0.5, 0.6) is 0 Å². The highest BCUT2D eigenvalue weighted by Crippen LogP contribution is 2.27. The molecule has 0 unspecified atom stereocenters. The highest BCUT2D eigenvalue weighted by atomic mass is 35.5. The first-order valence-electron chi connectivity index (χ1n) is 7.31. The molecule has 1 atom stereocenters. The van der Waals surface area contributed by atoms with E-state index in [1.807, 2.05) is 13.8 Å². The third-order valence-corrected chi connectivity index (χ3v) is 4.15. The predicted octanol–water partition coefficient (Wildman–Crippen LogP) is 2.32. The van der Waals surface area contributed by atoms with Gasteiger partial charge in [-0.1, -0.05) is 24.6 Å². The van der Waals surface area contributed by atoms with Gasteiger partial charge >= 0.3 is 0 Å². The van der Waals surface area contributed by atoms with Crippen LogP contribution in [-0.4, -0.2) is 26.6 Å². The molecule has 1 aromatic carbocycles. The Morgan fingerprint density at radius 3 is 3.00 bits per heavy atom. The number of benzene rings is 1. The molecule has 0 saturated carbocycles. The van der Waals surface area contributed by atoms with Crippen LogP contribution in [-0.2, 0) is 16.0 Å². The molecule has 2 heterocycles. The van der Waals surface area contributed by atoms with Crippen LogP contribution in [0.4, 0.5) is 11.6 Å². The summed E-state index contributed by atoms with van der Waals surface area (Å²) in [5.74, 6) is 0.470. The number of rotatable bonds is 4. The van der Waals surface area contributed by atoms with Gasteiger partial charge in [-0.15, -0.1) is 0 Å². The van der Waals surface area contributed by atoms with Gasteiger partial charge in [0.15, 0.2) is 5.82 Å². The highest BCUT2D eigenvalue weighted by molar-refractivity contribution is 6.31. The van der Waals surface area contributed by atoms with E-state index in [0.717, 1.165) is 5.56 Å². The zero-order valence-electron chi connectivity index (χ0n) is 12.8. The maximum absolute atomic E-state index is 12.3. The Bertz CT molecular complexity index is 786. The quantitative estimate of drug-likeness (QED) is 0.898. The second-order valence-corrected chi connectivity index (χ2v) is 5.73. The van der Waals surface area contributed by atoms with Gasteiger partial charge in [-0.3, -0.25) is 14.9 Å². The number of carbonyl (C=O) groups excluding carboxylic acids is 2. The van der Waals surface area contributed by atoms with Crippen LogP contribution in [0.2, 0.25) is 5.02 Å². The number of nitrogens with one attached hydrogen (secondary N) is 2. The molecule has 7 nitrogen and oxygen atoms in total. The molecule has 2 N–H and O–H groups in total. The molecular formula is C15H16ClN5O2. The van der Waals surface area contributed by atoms with Crippen LogP contribution < -0.4 is 10.6 Å². The van der Waals surface area contributed by atoms with E-state index in [9.17, 15) is 9.59 Å². The van der Waals surface area contributed by atoms with Crippen molar-refractivity contribution >= 4 is 35.1 Å². The van der Waals surface area contributed by atoms with E-state index in [2.05, 4.69) is 20.7 Å². The lowest BCUT2D eigenvalue weighted by atomic mass is 10.1. The van der Waals surface area contributed by atoms with Gasteiger partial charge in [0.1, 0.15) is 6.04 Å². The maximum Gasteiger partial charge on any atom is 0.252 e. The number of anilines is 2. The van der Waals surface area contributed by atoms with E-state index in [1.165, 1.54) is 4.68 Å². The number of carbonyl (C=O) groups is 2. The Balaban J connectivity index is 1.74. The second-order valence-electron chi connectivity index (χ2n) is 5.32. The Morgan fingerprint density at radius 1 is 1.48 bits per heavy atom. The predicted molar refractivity (Wildman–Crippen MR) is 86.5 cm³/mol. The van der Waals surface area contributed by atoms with Gasteiger partial charge in [-0.05, 0) is 24.6 Å². The van der Waals surface area contributed by atoms with Gasteiger partial charge in [0, 0.05) is 17.1 Å². The lowest BCUT2D eigenvalue weighted by molar-refractivity contribution is -0.123. The van der Waals surface area contributed by atoms with Gasteiger partial charge in [0.2, 0.25) is 11.9 Å². The summed E-state index contributed by atoms with van der Waals surface area (Å²) in [4.78, 5) is 28.5. The molecule has 0 fully saturated rings. The van der Waals surface area contributed by atoms with Crippen LogP contribution >= 0.6 is 11.6 Å². The lowest BCUT2D eigenvalue weighted by Gasteiger charge is -2.12. The zero-order chi connectivity index (χ0) is 16.6. The summed E-state index contributed by atoms with van der Waals surface area (Å²) in [5.41, 5.74) is 1.42. The van der Waals surface area contributed by atoms with E-state index in [-0.39, 0.29) is 18.2 Å². The largest absolute Gasteiger partial charge is 0.326 e. The van der Waals surface area contributed by atoms with Crippen molar-refractivity contribution in [2.75, 3.05) is 10.6 Å². The maximum atomic E-state index is 12.3. The van der Waals surface area contributed by atoms with Gasteiger partial charge in [0.25, 0.3) is 5.91 Å². The third-order valence-electron chi connectivity index (χ3n) is 3.74. The number of aryl methyl sites for hydroxylation is 1. The number of aromatic nitrogens is 3. The number of hydrogen-bond acceptors (Lipinski definition) is 4. The summed E-state index contributed by atoms with van der Waals surface area (Å²) in [5, 5.41) is 10.3. The molecular weight excluding hydrogens is 318 g/mol. The molecule has 2 aromatic rings. The molecule has 1 aliphatic heterocycles. The van der Waals surface area contributed by atoms with Crippen LogP contribution in [0.3, 0.4) is 0 Å². The molecule has 1 aromatic heterocycles. The van der Waals surface area contributed by atoms with E-state index < -0.39 is 6.04 Å². The Labute approximate surface area is 138 Å². The van der Waals surface area contributed by atoms with Crippen LogP contribution in [0.15, 0.2) is 18.2 Å². The van der Waals surface area contributed by atoms with Crippen molar-refractivity contribution in [2.45, 2.75) is 32.7 Å². The lowest BCUT2D eigenvalue weighted by Crippen LogP contribution is -2.24. The molecule has 3 rings (SSSR count). The number of halogens is 1. The van der Waals surface area contributed by atoms with Crippen molar-refractivity contribution in [3.8, 4) is 0 Å². The summed E-state index contributed by atoms with van der Waals surface area (Å²) in [6.07, 6.45) is 0.647. The first-order chi connectivity index (χ1) is 11.0. The van der Waals surface area contributed by atoms with Crippen molar-refractivity contribution in [2.24, 2.45) is 0 Å². The van der Waals surface area contributed by atoms with Crippen LogP contribution in [0.25, 0.3) is 0 Å². The van der Waals surface area contributed by atoms with Crippen LogP contribution in [0.1, 0.15) is 30.8 Å². The zero-order valence-corrected chi connectivity index (χ0v) is 13.5. The third kappa shape index (κ3) is 2.92. The fourth-order valence-electron chi connectivity index (χ4n) is 2.42. The summed E-state index contributed by atoms with van der Waals surface area (Å²) >= 11 is 6.04. The minimum Gasteiger partial charge on any atom is -0.326 e. The Morgan fingerprint density at radius 2 is 2.26 bits per heavy atom. The molecule has 120 valence electrons. The number of nitrogens with zero attached hydrogens (tertiary/aromatic N) is 3. The van der Waals surface area contributed by atoms with E-state index in [4.69, 9.17) is 11.6 Å². The molecule has 8 heteroatoms. The number of fused-ring (bicyclic) bond motifs is 1. The van der Waals surface area contributed by atoms with Gasteiger partial charge in [-0.2, -0.15) is 10.1 Å². The highest BCUT2D eigenvalue weighted by Gasteiger charge is 2.34. The standard InChI is InChI=1S/C15H16ClN5O2/c1-3-12-18-15-19-14(23)11(21(15)20-12)7-13(22)17-10-6-4-5-9(16)8(10)2/h4-6,11H,3,7H2,1-2H3,(H,17,22)(H,18,19,20,23)/t11-/m1/s1. The summed E-state index contributed by atoms with van der Waals surface area (Å²) in [7, 11) is 0. The normalized spacial score (nSPS) is 16.1. The van der Waals surface area contributed by atoms with Crippen molar-refractivity contribution in [1.82, 2.24) is 14.8 Å². The summed E-state index contributed by atoms with van der Waals surface area (Å²) in [6, 6.07) is 4.60. The van der Waals surface area contributed by atoms with Crippen molar-refractivity contribution in [1.29, 1.82) is 0 Å². The molecule has 0 aliphatic carbocycles. The second kappa shape index (κ2) is 6.00. The van der Waals surface area contributed by atoms with Crippen molar-refractivity contribution in [3.63, 3.8) is 0 Å². The van der Waals surface area contributed by atoms with Gasteiger partial charge < -0.3 is 5.32 Å².